The third kappa shape index (κ3) is 4.47. The van der Waals surface area contributed by atoms with Crippen LogP contribution in [-0.2, 0) is 0 Å². The highest BCUT2D eigenvalue weighted by Gasteiger charge is 1.69. The predicted octanol–water partition coefficient (Wildman–Crippen LogP) is 0.851. The van der Waals surface area contributed by atoms with E-state index in [1.165, 1.54) is 6.07 Å². The van der Waals surface area contributed by atoms with Crippen LogP contribution in [0.15, 0.2) is 53.7 Å². The number of hydrogen-bond acceptors (Lipinski definition) is 3. The maximum Gasteiger partial charge on any atom is 0.247 e. The first-order valence-electron chi connectivity index (χ1n) is 3.75. The lowest BCUT2D eigenvalue weighted by Gasteiger charge is -1.73. The molecule has 0 fully saturated rings. The fourth-order valence-electron chi connectivity index (χ4n) is 0.630. The van der Waals surface area contributed by atoms with E-state index in [1.54, 1.807) is 30.7 Å². The molecule has 0 aliphatic carbocycles. The summed E-state index contributed by atoms with van der Waals surface area (Å²) in [5.41, 5.74) is -0.0532. The molecule has 0 radical (unpaired) electrons. The highest BCUT2D eigenvalue weighted by Crippen LogP contribution is 1.68. The molecule has 66 valence electrons. The smallest absolute Gasteiger partial charge is 0.247 e. The molecule has 0 amide bonds. The first-order valence-corrected chi connectivity index (χ1v) is 3.75. The van der Waals surface area contributed by atoms with Gasteiger partial charge in [-0.2, -0.15) is 10.2 Å². The Hall–Kier alpha value is -1.97. The minimum atomic E-state index is -0.0532. The Labute approximate surface area is 75.3 Å². The van der Waals surface area contributed by atoms with Gasteiger partial charge in [-0.3, -0.25) is 4.79 Å². The van der Waals surface area contributed by atoms with Crippen molar-refractivity contribution in [3.8, 4) is 0 Å². The third-order valence-corrected chi connectivity index (χ3v) is 1.16. The summed E-state index contributed by atoms with van der Waals surface area (Å²) >= 11 is 0. The Kier molecular flexibility index (Phi) is 3.96. The van der Waals surface area contributed by atoms with E-state index < -0.39 is 0 Å². The Bertz CT molecular complexity index is 328. The number of rotatable bonds is 0. The van der Waals surface area contributed by atoms with Crippen LogP contribution in [0, 0.1) is 0 Å². The van der Waals surface area contributed by atoms with Crippen molar-refractivity contribution in [2.45, 2.75) is 0 Å². The fourth-order valence-corrected chi connectivity index (χ4v) is 0.630. The topological polar surface area (TPSA) is 58.6 Å². The molecule has 4 nitrogen and oxygen atoms in total. The number of nitrogens with zero attached hydrogens (tertiary/aromatic N) is 2. The largest absolute Gasteiger partial charge is 0.329 e. The zero-order valence-corrected chi connectivity index (χ0v) is 6.92. The van der Waals surface area contributed by atoms with E-state index in [-0.39, 0.29) is 5.56 Å². The van der Waals surface area contributed by atoms with Gasteiger partial charge >= 0.3 is 0 Å². The van der Waals surface area contributed by atoms with E-state index in [9.17, 15) is 4.79 Å². The molecule has 0 bridgehead atoms. The Balaban J connectivity index is 0.000000132. The van der Waals surface area contributed by atoms with Gasteiger partial charge in [-0.25, -0.2) is 0 Å². The van der Waals surface area contributed by atoms with Gasteiger partial charge in [0, 0.05) is 24.7 Å². The van der Waals surface area contributed by atoms with Crippen molar-refractivity contribution in [1.29, 1.82) is 0 Å². The summed E-state index contributed by atoms with van der Waals surface area (Å²) in [6.07, 6.45) is 4.88. The van der Waals surface area contributed by atoms with Gasteiger partial charge in [0.15, 0.2) is 0 Å². The minimum Gasteiger partial charge on any atom is -0.329 e. The summed E-state index contributed by atoms with van der Waals surface area (Å²) in [5, 5.41) is 7.07. The molecule has 2 heterocycles. The summed E-state index contributed by atoms with van der Waals surface area (Å²) in [7, 11) is 0. The number of H-pyrrole nitrogens is 1. The van der Waals surface area contributed by atoms with Crippen LogP contribution in [0.3, 0.4) is 0 Å². The fraction of sp³-hybridized carbons (Fsp3) is 0. The molecule has 0 aliphatic heterocycles. The number of hydrogen-bond donors (Lipinski definition) is 1. The van der Waals surface area contributed by atoms with Gasteiger partial charge in [-0.1, -0.05) is 6.07 Å². The number of nitrogens with one attached hydrogen (secondary N) is 1. The standard InChI is InChI=1S/C5H5NO.C4H4N2/c7-5-3-1-2-4-6-5;1-2-4-6-5-3-1/h1-4H,(H,6,7);1-4H. The van der Waals surface area contributed by atoms with Crippen molar-refractivity contribution >= 4 is 0 Å². The van der Waals surface area contributed by atoms with E-state index in [0.717, 1.165) is 0 Å². The first kappa shape index (κ1) is 9.12. The molecule has 0 unspecified atom stereocenters. The van der Waals surface area contributed by atoms with Gasteiger partial charge in [-0.05, 0) is 18.2 Å². The van der Waals surface area contributed by atoms with Crippen LogP contribution in [0.25, 0.3) is 0 Å². The Morgan fingerprint density at radius 2 is 1.69 bits per heavy atom. The monoisotopic (exact) mass is 175 g/mol. The van der Waals surface area contributed by atoms with E-state index in [2.05, 4.69) is 15.2 Å². The van der Waals surface area contributed by atoms with Crippen molar-refractivity contribution < 1.29 is 0 Å². The third-order valence-electron chi connectivity index (χ3n) is 1.16. The summed E-state index contributed by atoms with van der Waals surface area (Å²) < 4.78 is 0. The van der Waals surface area contributed by atoms with Crippen LogP contribution in [0.2, 0.25) is 0 Å². The van der Waals surface area contributed by atoms with Gasteiger partial charge in [0.2, 0.25) is 5.56 Å². The number of aromatic nitrogens is 3. The van der Waals surface area contributed by atoms with E-state index in [4.69, 9.17) is 0 Å². The summed E-state index contributed by atoms with van der Waals surface area (Å²) in [5.74, 6) is 0. The lowest BCUT2D eigenvalue weighted by atomic mass is 10.5. The van der Waals surface area contributed by atoms with Gasteiger partial charge < -0.3 is 4.98 Å². The van der Waals surface area contributed by atoms with Crippen molar-refractivity contribution in [3.05, 3.63) is 59.3 Å². The Morgan fingerprint density at radius 3 is 1.92 bits per heavy atom. The van der Waals surface area contributed by atoms with Crippen LogP contribution in [0.5, 0.6) is 0 Å². The van der Waals surface area contributed by atoms with Gasteiger partial charge in [0.1, 0.15) is 0 Å². The average Bonchev–Trinajstić information content (AvgIpc) is 2.22. The molecule has 0 aliphatic rings. The predicted molar refractivity (Wildman–Crippen MR) is 49.1 cm³/mol. The Morgan fingerprint density at radius 1 is 1.00 bits per heavy atom. The molecular weight excluding hydrogens is 166 g/mol. The first-order chi connectivity index (χ1) is 6.39. The molecule has 0 atom stereocenters. The molecule has 13 heavy (non-hydrogen) atoms. The second kappa shape index (κ2) is 5.65. The molecule has 2 rings (SSSR count). The van der Waals surface area contributed by atoms with Crippen molar-refractivity contribution in [1.82, 2.24) is 15.2 Å². The number of aromatic amines is 1. The SMILES string of the molecule is O=c1cccc[nH]1.c1ccnnc1. The van der Waals surface area contributed by atoms with E-state index in [1.807, 2.05) is 12.1 Å². The minimum absolute atomic E-state index is 0.0532. The summed E-state index contributed by atoms with van der Waals surface area (Å²) in [6.45, 7) is 0. The van der Waals surface area contributed by atoms with Crippen LogP contribution in [-0.4, -0.2) is 15.2 Å². The molecule has 0 spiro atoms. The van der Waals surface area contributed by atoms with Gasteiger partial charge in [0.05, 0.1) is 0 Å². The second-order valence-corrected chi connectivity index (χ2v) is 2.14. The molecule has 0 aromatic carbocycles. The molecule has 2 aromatic heterocycles. The maximum absolute atomic E-state index is 10.2. The highest BCUT2D eigenvalue weighted by atomic mass is 16.1. The normalized spacial score (nSPS) is 8.31. The number of pyridine rings is 1. The zero-order chi connectivity index (χ0) is 9.36. The van der Waals surface area contributed by atoms with Gasteiger partial charge in [-0.15, -0.1) is 0 Å². The average molecular weight is 175 g/mol. The van der Waals surface area contributed by atoms with Crippen molar-refractivity contribution in [2.24, 2.45) is 0 Å². The highest BCUT2D eigenvalue weighted by molar-refractivity contribution is 4.89. The second-order valence-electron chi connectivity index (χ2n) is 2.14. The quantitative estimate of drug-likeness (QED) is 0.645. The van der Waals surface area contributed by atoms with Crippen LogP contribution < -0.4 is 5.56 Å². The molecule has 0 saturated carbocycles. The van der Waals surface area contributed by atoms with E-state index in [0.29, 0.717) is 0 Å². The summed E-state index contributed by atoms with van der Waals surface area (Å²) in [6, 6.07) is 8.58. The molecule has 0 saturated heterocycles. The summed E-state index contributed by atoms with van der Waals surface area (Å²) in [4.78, 5) is 12.7. The molecule has 2 aromatic rings. The lowest BCUT2D eigenvalue weighted by molar-refractivity contribution is 1.03. The molecule has 1 N–H and O–H groups in total. The van der Waals surface area contributed by atoms with Crippen LogP contribution in [0.4, 0.5) is 0 Å². The lowest BCUT2D eigenvalue weighted by Crippen LogP contribution is -1.98. The van der Waals surface area contributed by atoms with Gasteiger partial charge in [0.25, 0.3) is 0 Å². The zero-order valence-electron chi connectivity index (χ0n) is 6.92. The maximum atomic E-state index is 10.2. The van der Waals surface area contributed by atoms with Crippen molar-refractivity contribution in [3.63, 3.8) is 0 Å². The van der Waals surface area contributed by atoms with Crippen LogP contribution in [0.1, 0.15) is 0 Å². The van der Waals surface area contributed by atoms with Crippen molar-refractivity contribution in [2.75, 3.05) is 0 Å². The van der Waals surface area contributed by atoms with E-state index >= 15 is 0 Å². The molecule has 4 heteroatoms. The van der Waals surface area contributed by atoms with Crippen LogP contribution >= 0.6 is 0 Å². The molecular formula is C9H9N3O.